The van der Waals surface area contributed by atoms with Gasteiger partial charge in [0.2, 0.25) is 5.36 Å². The van der Waals surface area contributed by atoms with Gasteiger partial charge >= 0.3 is 0 Å². The summed E-state index contributed by atoms with van der Waals surface area (Å²) in [7, 11) is -5.24. The zero-order chi connectivity index (χ0) is 49.1. The largest absolute Gasteiger partial charge is 0.464 e. The quantitative estimate of drug-likeness (QED) is 0.0292. The van der Waals surface area contributed by atoms with Crippen LogP contribution in [0.5, 0.6) is 0 Å². The molecule has 0 amide bonds. The summed E-state index contributed by atoms with van der Waals surface area (Å²) >= 11 is 0. The van der Waals surface area contributed by atoms with Crippen LogP contribution in [0.25, 0.3) is 17.4 Å². The second-order valence-electron chi connectivity index (χ2n) is 15.8. The molecule has 16 nitrogen and oxygen atoms in total. The number of carbonyl (C=O) groups excluding carboxylic acids is 1. The molecule has 1 aliphatic carbocycles. The predicted octanol–water partition coefficient (Wildman–Crippen LogP) is 6.76. The van der Waals surface area contributed by atoms with E-state index in [-0.39, 0.29) is 16.4 Å². The first-order valence-electron chi connectivity index (χ1n) is 23.3. The molecule has 0 saturated carbocycles. The Morgan fingerprint density at radius 1 is 0.806 bits per heavy atom. The van der Waals surface area contributed by atoms with Crippen LogP contribution in [-0.4, -0.2) is 139 Å². The highest BCUT2D eigenvalue weighted by Gasteiger charge is 2.43. The third-order valence-electron chi connectivity index (χ3n) is 11.2. The number of nitrogens with zero attached hydrogens (tertiary/aromatic N) is 2. The van der Waals surface area contributed by atoms with E-state index in [1.165, 1.54) is 13.2 Å². The van der Waals surface area contributed by atoms with Gasteiger partial charge in [0.05, 0.1) is 96.2 Å². The average molecular weight is 980 g/mol. The van der Waals surface area contributed by atoms with Gasteiger partial charge in [-0.2, -0.15) is 16.8 Å². The molecule has 2 aliphatic heterocycles. The molecule has 0 spiro atoms. The molecule has 3 aliphatic rings. The number of rotatable bonds is 33. The highest BCUT2D eigenvalue weighted by Crippen LogP contribution is 2.51. The molecular weight excluding hydrogens is 905 g/mol. The summed E-state index contributed by atoms with van der Waals surface area (Å²) in [6, 6.07) is 12.6. The molecule has 1 unspecified atom stereocenters. The second kappa shape index (κ2) is 30.6. The van der Waals surface area contributed by atoms with Crippen molar-refractivity contribution >= 4 is 37.8 Å². The minimum absolute atomic E-state index is 0.0735. The molecule has 1 atom stereocenters. The molecule has 0 bridgehead atoms. The van der Waals surface area contributed by atoms with E-state index < -0.39 is 25.7 Å². The van der Waals surface area contributed by atoms with Gasteiger partial charge in [-0.05, 0) is 87.6 Å². The van der Waals surface area contributed by atoms with Crippen molar-refractivity contribution in [3.8, 4) is 11.3 Å². The van der Waals surface area contributed by atoms with E-state index in [0.717, 1.165) is 52.7 Å². The molecule has 1 aromatic carbocycles. The van der Waals surface area contributed by atoms with E-state index in [9.17, 15) is 26.2 Å². The maximum absolute atomic E-state index is 12.4. The van der Waals surface area contributed by atoms with Gasteiger partial charge in [0, 0.05) is 61.5 Å². The highest BCUT2D eigenvalue weighted by atomic mass is 32.2. The number of anilines is 1. The fraction of sp³-hybridized carbons (Fsp3) is 0.592. The number of allylic oxidation sites excluding steroid dienone is 3. The number of Topliss-reactive ketones (excluding diaryl/α,β-unsaturated/α-hetero) is 1. The Morgan fingerprint density at radius 3 is 2.01 bits per heavy atom. The van der Waals surface area contributed by atoms with Crippen LogP contribution in [0, 0.1) is 0 Å². The fourth-order valence-corrected chi connectivity index (χ4v) is 8.76. The topological polar surface area (TPSA) is 190 Å². The van der Waals surface area contributed by atoms with Crippen molar-refractivity contribution in [2.24, 2.45) is 0 Å². The molecule has 2 heterocycles. The number of methoxy groups -OCH3 is 1. The molecule has 0 fully saturated rings. The fourth-order valence-electron chi connectivity index (χ4n) is 7.60. The number of fused-ring (bicyclic) bond motifs is 2. The molecule has 0 aromatic heterocycles. The Balaban J connectivity index is 0.00000587. The summed E-state index contributed by atoms with van der Waals surface area (Å²) in [4.78, 5) is 13.7. The van der Waals surface area contributed by atoms with E-state index >= 15 is 0 Å². The van der Waals surface area contributed by atoms with Crippen molar-refractivity contribution in [3.63, 3.8) is 0 Å². The van der Waals surface area contributed by atoms with Gasteiger partial charge in [-0.3, -0.25) is 8.74 Å². The molecular formula is C49H75N2O14S2+. The van der Waals surface area contributed by atoms with Crippen LogP contribution in [0.4, 0.5) is 5.69 Å². The lowest BCUT2D eigenvalue weighted by atomic mass is 9.78. The number of benzene rings is 2. The monoisotopic (exact) mass is 979 g/mol. The third kappa shape index (κ3) is 19.2. The molecule has 67 heavy (non-hydrogen) atoms. The first-order chi connectivity index (χ1) is 32.2. The molecule has 4 rings (SSSR count). The van der Waals surface area contributed by atoms with Crippen molar-refractivity contribution in [1.82, 2.24) is 4.58 Å². The summed E-state index contributed by atoms with van der Waals surface area (Å²) in [5.41, 5.74) is 3.60. The van der Waals surface area contributed by atoms with Crippen LogP contribution in [0.15, 0.2) is 75.9 Å². The normalized spacial score (nSPS) is 16.2. The minimum atomic E-state index is -4.49. The summed E-state index contributed by atoms with van der Waals surface area (Å²) in [5.74, 6) is 0.744. The van der Waals surface area contributed by atoms with Crippen LogP contribution in [0.1, 0.15) is 84.3 Å². The van der Waals surface area contributed by atoms with Gasteiger partial charge in [-0.25, -0.2) is 4.58 Å². The lowest BCUT2D eigenvalue weighted by Crippen LogP contribution is -2.31. The number of unbranched alkanes of at least 4 members (excludes halogenated alkanes) is 2. The summed E-state index contributed by atoms with van der Waals surface area (Å²) in [5, 5.41) is 0.904. The summed E-state index contributed by atoms with van der Waals surface area (Å²) in [6.45, 7) is 16.3. The Labute approximate surface area is 399 Å². The van der Waals surface area contributed by atoms with Crippen molar-refractivity contribution in [2.75, 3.05) is 117 Å². The lowest BCUT2D eigenvalue weighted by Gasteiger charge is -2.30. The SMILES string of the molecule is CC.CC[N+](CCCS(=O)(=O)OC)=c1ccc2c(/C=C/C=C3/N(CCCCCC(C)=O)c4ccc(S(=O)(=O)O)cc4C3(C)CCOCCOCCOCCOCCOCCOC)ccoc-2c1. The Morgan fingerprint density at radius 2 is 1.43 bits per heavy atom. The van der Waals surface area contributed by atoms with Gasteiger partial charge in [-0.1, -0.05) is 32.4 Å². The first kappa shape index (κ1) is 57.5. The van der Waals surface area contributed by atoms with Crippen molar-refractivity contribution in [1.29, 1.82) is 0 Å². The van der Waals surface area contributed by atoms with Crippen LogP contribution in [0.3, 0.4) is 0 Å². The maximum Gasteiger partial charge on any atom is 0.294 e. The van der Waals surface area contributed by atoms with Crippen molar-refractivity contribution in [2.45, 2.75) is 83.5 Å². The average Bonchev–Trinajstić information content (AvgIpc) is 3.54. The Hall–Kier alpha value is -3.82. The number of hydrogen-bond donors (Lipinski definition) is 1. The smallest absolute Gasteiger partial charge is 0.294 e. The third-order valence-corrected chi connectivity index (χ3v) is 13.3. The zero-order valence-corrected chi connectivity index (χ0v) is 42.3. The molecule has 18 heteroatoms. The Bertz CT molecular complexity index is 2260. The molecule has 1 aromatic rings. The van der Waals surface area contributed by atoms with E-state index in [0.29, 0.717) is 117 Å². The van der Waals surface area contributed by atoms with Crippen LogP contribution in [0.2, 0.25) is 0 Å². The zero-order valence-electron chi connectivity index (χ0n) is 40.7. The number of hydrogen-bond acceptors (Lipinski definition) is 14. The van der Waals surface area contributed by atoms with Gasteiger partial charge < -0.3 is 42.5 Å². The van der Waals surface area contributed by atoms with Crippen LogP contribution < -0.4 is 14.8 Å². The first-order valence-corrected chi connectivity index (χ1v) is 26.3. The van der Waals surface area contributed by atoms with E-state index in [1.807, 2.05) is 63.3 Å². The number of carbonyl (C=O) groups is 1. The highest BCUT2D eigenvalue weighted by molar-refractivity contribution is 7.86. The maximum atomic E-state index is 12.4. The van der Waals surface area contributed by atoms with Gasteiger partial charge in [0.15, 0.2) is 0 Å². The molecule has 0 radical (unpaired) electrons. The number of ether oxygens (including phenoxy) is 6. The summed E-state index contributed by atoms with van der Waals surface area (Å²) < 4.78 is 105. The number of ketones is 1. The Kier molecular flexibility index (Phi) is 26.3. The predicted molar refractivity (Wildman–Crippen MR) is 261 cm³/mol. The van der Waals surface area contributed by atoms with Gasteiger partial charge in [0.1, 0.15) is 24.6 Å². The molecule has 376 valence electrons. The minimum Gasteiger partial charge on any atom is -0.464 e. The van der Waals surface area contributed by atoms with E-state index in [2.05, 4.69) is 20.6 Å². The van der Waals surface area contributed by atoms with Crippen LogP contribution >= 0.6 is 0 Å². The summed E-state index contributed by atoms with van der Waals surface area (Å²) in [6.07, 6.45) is 11.5. The standard InChI is InChI=1S/C47H68N2O14S2.C2H6/c1-6-48(21-11-35-64(51,52)57-5)40-15-17-42-39(19-23-63-45(42)36-40)13-10-14-46-47(3,20-24-58-27-28-60-31-32-62-34-33-61-30-29-59-26-25-56-4)43-37-41(65(53,54)55)16-18-44(43)49(46)22-9-7-8-12-38(2)50;1-2/h10,13-19,23,36-37H,6-9,11-12,20-22,24-35H2,1-5H3;1-2H3/p+1. The molecule has 0 saturated heterocycles. The second-order valence-corrected chi connectivity index (χ2v) is 19.1. The molecule has 1 N–H and O–H groups in total. The van der Waals surface area contributed by atoms with E-state index in [1.54, 1.807) is 32.4 Å². The van der Waals surface area contributed by atoms with Crippen LogP contribution in [-0.2, 0) is 63.1 Å². The van der Waals surface area contributed by atoms with Crippen molar-refractivity contribution in [3.05, 3.63) is 83.1 Å². The lowest BCUT2D eigenvalue weighted by molar-refractivity contribution is -0.117. The van der Waals surface area contributed by atoms with Crippen molar-refractivity contribution < 1.29 is 63.2 Å². The van der Waals surface area contributed by atoms with Gasteiger partial charge in [0.25, 0.3) is 20.2 Å². The van der Waals surface area contributed by atoms with Gasteiger partial charge in [-0.15, -0.1) is 0 Å². The van der Waals surface area contributed by atoms with E-state index in [4.69, 9.17) is 32.8 Å².